The van der Waals surface area contributed by atoms with Crippen LogP contribution in [0.4, 0.5) is 5.00 Å². The van der Waals surface area contributed by atoms with Crippen molar-refractivity contribution in [2.75, 3.05) is 12.4 Å². The molecule has 12 heavy (non-hydrogen) atoms. The number of likely N-dealkylation sites (N-methyl/N-ethyl adjacent to an activating group) is 1. The molecule has 0 aliphatic carbocycles. The molecule has 1 aromatic rings. The van der Waals surface area contributed by atoms with Crippen molar-refractivity contribution in [2.45, 2.75) is 0 Å². The van der Waals surface area contributed by atoms with Crippen LogP contribution < -0.4 is 10.6 Å². The van der Waals surface area contributed by atoms with Crippen LogP contribution in [0.3, 0.4) is 0 Å². The third-order valence-electron chi connectivity index (χ3n) is 1.03. The first-order valence-electron chi connectivity index (χ1n) is 3.04. The number of carbonyl (C=O) groups excluding carboxylic acids is 2. The van der Waals surface area contributed by atoms with E-state index in [1.54, 1.807) is 0 Å². The molecule has 0 spiro atoms. The Hall–Kier alpha value is -1.50. The third kappa shape index (κ3) is 1.99. The first-order chi connectivity index (χ1) is 5.74. The van der Waals surface area contributed by atoms with Crippen LogP contribution >= 0.6 is 11.5 Å². The molecule has 0 bridgehead atoms. The maximum Gasteiger partial charge on any atom is 0.314 e. The molecule has 7 heteroatoms. The number of amides is 2. The fourth-order valence-electron chi connectivity index (χ4n) is 0.504. The molecule has 0 aliphatic heterocycles. The van der Waals surface area contributed by atoms with Gasteiger partial charge in [0.15, 0.2) is 0 Å². The van der Waals surface area contributed by atoms with E-state index < -0.39 is 11.8 Å². The zero-order valence-electron chi connectivity index (χ0n) is 6.20. The molecule has 0 saturated carbocycles. The molecular formula is C5H6N4O2S. The summed E-state index contributed by atoms with van der Waals surface area (Å²) in [5.41, 5.74) is 0. The van der Waals surface area contributed by atoms with E-state index in [9.17, 15) is 9.59 Å². The molecule has 0 fully saturated rings. The zero-order valence-corrected chi connectivity index (χ0v) is 7.01. The van der Waals surface area contributed by atoms with Crippen LogP contribution in [0.25, 0.3) is 0 Å². The van der Waals surface area contributed by atoms with Crippen LogP contribution in [0.1, 0.15) is 0 Å². The first-order valence-corrected chi connectivity index (χ1v) is 3.82. The molecule has 1 aromatic heterocycles. The van der Waals surface area contributed by atoms with Crippen molar-refractivity contribution in [3.63, 3.8) is 0 Å². The highest BCUT2D eigenvalue weighted by atomic mass is 32.1. The van der Waals surface area contributed by atoms with Crippen LogP contribution in [0, 0.1) is 0 Å². The minimum atomic E-state index is -0.719. The van der Waals surface area contributed by atoms with Gasteiger partial charge >= 0.3 is 11.8 Å². The Morgan fingerprint density at radius 1 is 1.50 bits per heavy atom. The SMILES string of the molecule is CNC(=O)C(=O)Nc1cnns1. The summed E-state index contributed by atoms with van der Waals surface area (Å²) >= 11 is 1.01. The Labute approximate surface area is 72.1 Å². The summed E-state index contributed by atoms with van der Waals surface area (Å²) in [6.07, 6.45) is 1.37. The Kier molecular flexibility index (Phi) is 2.70. The molecule has 6 nitrogen and oxygen atoms in total. The summed E-state index contributed by atoms with van der Waals surface area (Å²) in [5, 5.41) is 8.44. The number of rotatable bonds is 1. The van der Waals surface area contributed by atoms with E-state index in [2.05, 4.69) is 20.2 Å². The average Bonchev–Trinajstić information content (AvgIpc) is 2.55. The van der Waals surface area contributed by atoms with Crippen LogP contribution in [-0.2, 0) is 9.59 Å². The number of hydrogen-bond acceptors (Lipinski definition) is 5. The van der Waals surface area contributed by atoms with Crippen molar-refractivity contribution >= 4 is 28.3 Å². The molecule has 1 heterocycles. The van der Waals surface area contributed by atoms with Crippen molar-refractivity contribution < 1.29 is 9.59 Å². The van der Waals surface area contributed by atoms with Gasteiger partial charge in [0.2, 0.25) is 0 Å². The number of anilines is 1. The molecule has 2 N–H and O–H groups in total. The topological polar surface area (TPSA) is 84.0 Å². The standard InChI is InChI=1S/C5H6N4O2S/c1-6-4(10)5(11)8-3-2-7-9-12-3/h2H,1H3,(H,6,10)(H,8,11). The van der Waals surface area contributed by atoms with Gasteiger partial charge in [-0.3, -0.25) is 9.59 Å². The van der Waals surface area contributed by atoms with Gasteiger partial charge in [0, 0.05) is 18.6 Å². The van der Waals surface area contributed by atoms with Gasteiger partial charge in [-0.1, -0.05) is 4.49 Å². The molecule has 1 rings (SSSR count). The van der Waals surface area contributed by atoms with E-state index in [4.69, 9.17) is 0 Å². The van der Waals surface area contributed by atoms with Crippen LogP contribution in [0.2, 0.25) is 0 Å². The highest BCUT2D eigenvalue weighted by Crippen LogP contribution is 2.07. The van der Waals surface area contributed by atoms with Crippen molar-refractivity contribution in [1.82, 2.24) is 14.9 Å². The average molecular weight is 186 g/mol. The van der Waals surface area contributed by atoms with E-state index >= 15 is 0 Å². The minimum Gasteiger partial charge on any atom is -0.351 e. The second kappa shape index (κ2) is 3.77. The second-order valence-corrected chi connectivity index (χ2v) is 2.60. The fourth-order valence-corrected chi connectivity index (χ4v) is 0.919. The molecule has 2 amide bonds. The molecule has 0 atom stereocenters. The lowest BCUT2D eigenvalue weighted by Gasteiger charge is -1.97. The van der Waals surface area contributed by atoms with E-state index in [-0.39, 0.29) is 0 Å². The van der Waals surface area contributed by atoms with Gasteiger partial charge < -0.3 is 10.6 Å². The quantitative estimate of drug-likeness (QED) is 0.564. The van der Waals surface area contributed by atoms with Gasteiger partial charge in [0.1, 0.15) is 5.00 Å². The number of nitrogens with one attached hydrogen (secondary N) is 2. The highest BCUT2D eigenvalue weighted by molar-refractivity contribution is 7.10. The van der Waals surface area contributed by atoms with Gasteiger partial charge in [-0.25, -0.2) is 0 Å². The molecule has 64 valence electrons. The molecule has 0 aliphatic rings. The smallest absolute Gasteiger partial charge is 0.314 e. The van der Waals surface area contributed by atoms with E-state index in [0.29, 0.717) is 5.00 Å². The van der Waals surface area contributed by atoms with E-state index in [1.807, 2.05) is 0 Å². The summed E-state index contributed by atoms with van der Waals surface area (Å²) in [6, 6.07) is 0. The van der Waals surface area contributed by atoms with Gasteiger partial charge in [-0.15, -0.1) is 5.10 Å². The number of hydrogen-bond donors (Lipinski definition) is 2. The normalized spacial score (nSPS) is 9.08. The summed E-state index contributed by atoms with van der Waals surface area (Å²) in [5.74, 6) is -1.41. The van der Waals surface area contributed by atoms with Crippen LogP contribution in [-0.4, -0.2) is 28.4 Å². The van der Waals surface area contributed by atoms with Crippen molar-refractivity contribution in [1.29, 1.82) is 0 Å². The molecule has 0 radical (unpaired) electrons. The third-order valence-corrected chi connectivity index (χ3v) is 1.61. The van der Waals surface area contributed by atoms with Crippen LogP contribution in [0.5, 0.6) is 0 Å². The minimum absolute atomic E-state index is 0.448. The Morgan fingerprint density at radius 2 is 2.25 bits per heavy atom. The monoisotopic (exact) mass is 186 g/mol. The lowest BCUT2D eigenvalue weighted by Crippen LogP contribution is -2.32. The number of carbonyl (C=O) groups is 2. The molecular weight excluding hydrogens is 180 g/mol. The lowest BCUT2D eigenvalue weighted by molar-refractivity contribution is -0.135. The maximum atomic E-state index is 10.9. The Balaban J connectivity index is 2.53. The van der Waals surface area contributed by atoms with Crippen molar-refractivity contribution in [3.05, 3.63) is 6.20 Å². The lowest BCUT2D eigenvalue weighted by atomic mass is 10.5. The summed E-state index contributed by atoms with van der Waals surface area (Å²) < 4.78 is 3.51. The van der Waals surface area contributed by atoms with Gasteiger partial charge in [-0.05, 0) is 0 Å². The van der Waals surface area contributed by atoms with Gasteiger partial charge in [0.05, 0.1) is 6.20 Å². The highest BCUT2D eigenvalue weighted by Gasteiger charge is 2.11. The summed E-state index contributed by atoms with van der Waals surface area (Å²) in [6.45, 7) is 0. The fraction of sp³-hybridized carbons (Fsp3) is 0.200. The predicted octanol–water partition coefficient (Wildman–Crippen LogP) is -0.777. The Morgan fingerprint density at radius 3 is 2.75 bits per heavy atom. The summed E-state index contributed by atoms with van der Waals surface area (Å²) in [7, 11) is 1.38. The predicted molar refractivity (Wildman–Crippen MR) is 42.6 cm³/mol. The van der Waals surface area contributed by atoms with Crippen molar-refractivity contribution in [3.8, 4) is 0 Å². The zero-order chi connectivity index (χ0) is 8.97. The van der Waals surface area contributed by atoms with Crippen molar-refractivity contribution in [2.24, 2.45) is 0 Å². The van der Waals surface area contributed by atoms with E-state index in [1.165, 1.54) is 13.2 Å². The maximum absolute atomic E-state index is 10.9. The molecule has 0 unspecified atom stereocenters. The Bertz CT molecular complexity index is 284. The molecule has 0 saturated heterocycles. The van der Waals surface area contributed by atoms with Gasteiger partial charge in [-0.2, -0.15) is 0 Å². The number of aromatic nitrogens is 2. The summed E-state index contributed by atoms with van der Waals surface area (Å²) in [4.78, 5) is 21.5. The van der Waals surface area contributed by atoms with E-state index in [0.717, 1.165) is 11.5 Å². The van der Waals surface area contributed by atoms with Gasteiger partial charge in [0.25, 0.3) is 0 Å². The largest absolute Gasteiger partial charge is 0.351 e. The number of nitrogens with zero attached hydrogens (tertiary/aromatic N) is 2. The first kappa shape index (κ1) is 8.60. The second-order valence-electron chi connectivity index (χ2n) is 1.82. The van der Waals surface area contributed by atoms with Crippen LogP contribution in [0.15, 0.2) is 6.20 Å². The molecule has 0 aromatic carbocycles.